The molecule has 2 aromatic rings. The second-order valence-corrected chi connectivity index (χ2v) is 5.15. The Bertz CT molecular complexity index is 622. The highest BCUT2D eigenvalue weighted by atomic mass is 79.9. The van der Waals surface area contributed by atoms with Crippen LogP contribution in [0.4, 0.5) is 17.6 Å². The van der Waals surface area contributed by atoms with E-state index in [1.165, 1.54) is 0 Å². The fourth-order valence-electron chi connectivity index (χ4n) is 1.87. The highest BCUT2D eigenvalue weighted by Crippen LogP contribution is 2.27. The van der Waals surface area contributed by atoms with Gasteiger partial charge in [-0.1, -0.05) is 22.0 Å². The second kappa shape index (κ2) is 5.93. The van der Waals surface area contributed by atoms with Gasteiger partial charge >= 0.3 is 0 Å². The van der Waals surface area contributed by atoms with Crippen molar-refractivity contribution in [3.05, 3.63) is 69.2 Å². The van der Waals surface area contributed by atoms with E-state index in [4.69, 9.17) is 0 Å². The first-order chi connectivity index (χ1) is 9.38. The Labute approximate surface area is 121 Å². The number of aliphatic hydroxyl groups is 1. The van der Waals surface area contributed by atoms with Crippen molar-refractivity contribution in [2.24, 2.45) is 0 Å². The van der Waals surface area contributed by atoms with Crippen LogP contribution < -0.4 is 0 Å². The van der Waals surface area contributed by atoms with Gasteiger partial charge in [0, 0.05) is 17.0 Å². The lowest BCUT2D eigenvalue weighted by Gasteiger charge is -2.14. The summed E-state index contributed by atoms with van der Waals surface area (Å²) >= 11 is 2.92. The van der Waals surface area contributed by atoms with Gasteiger partial charge in [-0.2, -0.15) is 0 Å². The molecule has 0 saturated carbocycles. The zero-order valence-electron chi connectivity index (χ0n) is 10.0. The van der Waals surface area contributed by atoms with E-state index in [2.05, 4.69) is 15.9 Å². The van der Waals surface area contributed by atoms with Crippen LogP contribution in [-0.4, -0.2) is 5.11 Å². The Kier molecular flexibility index (Phi) is 4.45. The molecule has 0 heterocycles. The summed E-state index contributed by atoms with van der Waals surface area (Å²) in [5, 5.41) is 9.86. The lowest BCUT2D eigenvalue weighted by Crippen LogP contribution is -2.08. The summed E-state index contributed by atoms with van der Waals surface area (Å²) in [6.45, 7) is 0. The molecule has 1 N–H and O–H groups in total. The molecule has 106 valence electrons. The zero-order chi connectivity index (χ0) is 14.9. The third-order valence-corrected chi connectivity index (χ3v) is 3.26. The molecular weight excluding hydrogens is 340 g/mol. The van der Waals surface area contributed by atoms with Crippen molar-refractivity contribution in [3.63, 3.8) is 0 Å². The van der Waals surface area contributed by atoms with E-state index in [0.717, 1.165) is 24.3 Å². The minimum atomic E-state index is -1.57. The molecule has 2 aromatic carbocycles. The van der Waals surface area contributed by atoms with Gasteiger partial charge in [-0.15, -0.1) is 0 Å². The fourth-order valence-corrected chi connectivity index (χ4v) is 2.27. The number of rotatable bonds is 3. The maximum Gasteiger partial charge on any atom is 0.133 e. The maximum absolute atomic E-state index is 13.6. The summed E-state index contributed by atoms with van der Waals surface area (Å²) in [6, 6.07) is 4.80. The standard InChI is InChI=1S/C14H9BrF4O/c15-8-4-11(18)14(12(19)5-8)13(20)3-7-1-2-9(16)6-10(7)17/h1-2,4-6,13,20H,3H2. The largest absolute Gasteiger partial charge is 0.388 e. The normalized spacial score (nSPS) is 12.5. The van der Waals surface area contributed by atoms with Crippen molar-refractivity contribution in [1.29, 1.82) is 0 Å². The van der Waals surface area contributed by atoms with Crippen LogP contribution in [0.2, 0.25) is 0 Å². The Hall–Kier alpha value is -1.40. The molecule has 0 radical (unpaired) electrons. The predicted octanol–water partition coefficient (Wildman–Crippen LogP) is 4.28. The molecule has 20 heavy (non-hydrogen) atoms. The molecule has 6 heteroatoms. The quantitative estimate of drug-likeness (QED) is 0.820. The lowest BCUT2D eigenvalue weighted by atomic mass is 10.00. The Morgan fingerprint density at radius 3 is 2.10 bits per heavy atom. The van der Waals surface area contributed by atoms with Gasteiger partial charge in [0.15, 0.2) is 0 Å². The molecule has 0 aliphatic rings. The second-order valence-electron chi connectivity index (χ2n) is 4.24. The van der Waals surface area contributed by atoms with Crippen molar-refractivity contribution in [1.82, 2.24) is 0 Å². The van der Waals surface area contributed by atoms with Crippen LogP contribution in [0.15, 0.2) is 34.8 Å². The SMILES string of the molecule is OC(Cc1ccc(F)cc1F)c1c(F)cc(Br)cc1F. The molecular formula is C14H9BrF4O. The number of hydrogen-bond acceptors (Lipinski definition) is 1. The van der Waals surface area contributed by atoms with E-state index in [1.54, 1.807) is 0 Å². The third kappa shape index (κ3) is 3.19. The van der Waals surface area contributed by atoms with Crippen molar-refractivity contribution < 1.29 is 22.7 Å². The molecule has 1 nitrogen and oxygen atoms in total. The Morgan fingerprint density at radius 2 is 1.55 bits per heavy atom. The first-order valence-corrected chi connectivity index (χ1v) is 6.44. The number of hydrogen-bond donors (Lipinski definition) is 1. The molecule has 2 rings (SSSR count). The molecule has 1 atom stereocenters. The number of aliphatic hydroxyl groups excluding tert-OH is 1. The fraction of sp³-hybridized carbons (Fsp3) is 0.143. The van der Waals surface area contributed by atoms with Gasteiger partial charge in [-0.3, -0.25) is 0 Å². The first kappa shape index (κ1) is 15.0. The Morgan fingerprint density at radius 1 is 0.950 bits per heavy atom. The van der Waals surface area contributed by atoms with E-state index in [1.807, 2.05) is 0 Å². The van der Waals surface area contributed by atoms with E-state index >= 15 is 0 Å². The third-order valence-electron chi connectivity index (χ3n) is 2.81. The molecule has 0 aromatic heterocycles. The van der Waals surface area contributed by atoms with E-state index in [0.29, 0.717) is 6.07 Å². The molecule has 0 bridgehead atoms. The minimum Gasteiger partial charge on any atom is -0.388 e. The summed E-state index contributed by atoms with van der Waals surface area (Å²) in [4.78, 5) is 0. The molecule has 1 unspecified atom stereocenters. The average Bonchev–Trinajstić information content (AvgIpc) is 2.31. The first-order valence-electron chi connectivity index (χ1n) is 5.65. The minimum absolute atomic E-state index is 0.0272. The number of halogens is 5. The van der Waals surface area contributed by atoms with Crippen LogP contribution in [0.3, 0.4) is 0 Å². The molecule has 0 amide bonds. The van der Waals surface area contributed by atoms with Crippen LogP contribution in [0.5, 0.6) is 0 Å². The van der Waals surface area contributed by atoms with Crippen LogP contribution >= 0.6 is 15.9 Å². The van der Waals surface area contributed by atoms with E-state index in [-0.39, 0.29) is 16.5 Å². The van der Waals surface area contributed by atoms with Crippen molar-refractivity contribution in [2.45, 2.75) is 12.5 Å². The topological polar surface area (TPSA) is 20.2 Å². The predicted molar refractivity (Wildman–Crippen MR) is 69.1 cm³/mol. The molecule has 0 aliphatic carbocycles. The highest BCUT2D eigenvalue weighted by Gasteiger charge is 2.20. The molecule has 0 saturated heterocycles. The Balaban J connectivity index is 2.31. The highest BCUT2D eigenvalue weighted by molar-refractivity contribution is 9.10. The van der Waals surface area contributed by atoms with Crippen molar-refractivity contribution >= 4 is 15.9 Å². The summed E-state index contributed by atoms with van der Waals surface area (Å²) in [6.07, 6.45) is -1.93. The summed E-state index contributed by atoms with van der Waals surface area (Å²) < 4.78 is 53.7. The van der Waals surface area contributed by atoms with E-state index < -0.39 is 34.9 Å². The average molecular weight is 349 g/mol. The monoisotopic (exact) mass is 348 g/mol. The van der Waals surface area contributed by atoms with Gasteiger partial charge in [0.2, 0.25) is 0 Å². The van der Waals surface area contributed by atoms with E-state index in [9.17, 15) is 22.7 Å². The van der Waals surface area contributed by atoms with Crippen LogP contribution in [0.25, 0.3) is 0 Å². The van der Waals surface area contributed by atoms with Gasteiger partial charge in [-0.25, -0.2) is 17.6 Å². The molecule has 0 spiro atoms. The van der Waals surface area contributed by atoms with Gasteiger partial charge in [0.1, 0.15) is 23.3 Å². The summed E-state index contributed by atoms with van der Waals surface area (Å²) in [5.41, 5.74) is -0.572. The van der Waals surface area contributed by atoms with Crippen LogP contribution in [0.1, 0.15) is 17.2 Å². The molecule has 0 aliphatic heterocycles. The number of benzene rings is 2. The maximum atomic E-state index is 13.6. The van der Waals surface area contributed by atoms with Crippen molar-refractivity contribution in [3.8, 4) is 0 Å². The smallest absolute Gasteiger partial charge is 0.133 e. The summed E-state index contributed by atoms with van der Waals surface area (Å²) in [7, 11) is 0. The lowest BCUT2D eigenvalue weighted by molar-refractivity contribution is 0.167. The zero-order valence-corrected chi connectivity index (χ0v) is 11.6. The molecule has 0 fully saturated rings. The van der Waals surface area contributed by atoms with Crippen LogP contribution in [0, 0.1) is 23.3 Å². The van der Waals surface area contributed by atoms with Gasteiger partial charge in [0.05, 0.1) is 11.7 Å². The van der Waals surface area contributed by atoms with Gasteiger partial charge < -0.3 is 5.11 Å². The van der Waals surface area contributed by atoms with Gasteiger partial charge in [0.25, 0.3) is 0 Å². The van der Waals surface area contributed by atoms with Crippen LogP contribution in [-0.2, 0) is 6.42 Å². The van der Waals surface area contributed by atoms with Gasteiger partial charge in [-0.05, 0) is 23.8 Å². The summed E-state index contributed by atoms with van der Waals surface area (Å²) in [5.74, 6) is -3.51. The van der Waals surface area contributed by atoms with Crippen molar-refractivity contribution in [2.75, 3.05) is 0 Å².